The highest BCUT2D eigenvalue weighted by atomic mass is 32.2. The van der Waals surface area contributed by atoms with E-state index in [1.165, 1.54) is 16.2 Å². The molecule has 0 saturated carbocycles. The second-order valence-corrected chi connectivity index (χ2v) is 7.86. The number of pyridine rings is 1. The summed E-state index contributed by atoms with van der Waals surface area (Å²) in [6.07, 6.45) is 4.17. The van der Waals surface area contributed by atoms with Crippen molar-refractivity contribution in [3.63, 3.8) is 0 Å². The van der Waals surface area contributed by atoms with Crippen LogP contribution in [0.2, 0.25) is 0 Å². The summed E-state index contributed by atoms with van der Waals surface area (Å²) < 4.78 is 1.99. The number of thiocarbonyl (C=S) groups is 1. The van der Waals surface area contributed by atoms with E-state index in [1.807, 2.05) is 26.8 Å². The number of fused-ring (bicyclic) bond motifs is 1. The normalized spacial score (nSPS) is 16.3. The predicted molar refractivity (Wildman–Crippen MR) is 110 cm³/mol. The average Bonchev–Trinajstić information content (AvgIpc) is 2.89. The van der Waals surface area contributed by atoms with Crippen LogP contribution < -0.4 is 10.9 Å². The van der Waals surface area contributed by atoms with E-state index in [1.54, 1.807) is 29.3 Å². The van der Waals surface area contributed by atoms with Crippen LogP contribution >= 0.6 is 24.0 Å². The average molecular weight is 389 g/mol. The number of nitrogens with zero attached hydrogens (tertiary/aromatic N) is 3. The van der Waals surface area contributed by atoms with E-state index in [0.717, 1.165) is 6.42 Å². The maximum atomic E-state index is 13.0. The fourth-order valence-electron chi connectivity index (χ4n) is 2.67. The Morgan fingerprint density at radius 3 is 2.77 bits per heavy atom. The molecule has 0 spiro atoms. The Morgan fingerprint density at radius 2 is 2.12 bits per heavy atom. The number of thioether (sulfide) groups is 1. The van der Waals surface area contributed by atoms with Gasteiger partial charge in [-0.1, -0.05) is 37.0 Å². The van der Waals surface area contributed by atoms with Crippen molar-refractivity contribution in [3.8, 4) is 0 Å². The second kappa shape index (κ2) is 7.59. The lowest BCUT2D eigenvalue weighted by molar-refractivity contribution is -0.123. The van der Waals surface area contributed by atoms with Gasteiger partial charge in [-0.05, 0) is 38.5 Å². The number of hydrogen-bond donors (Lipinski definition) is 1. The molecule has 0 bridgehead atoms. The molecule has 0 radical (unpaired) electrons. The Bertz CT molecular complexity index is 965. The smallest absolute Gasteiger partial charge is 0.267 e. The van der Waals surface area contributed by atoms with Crippen molar-refractivity contribution in [2.45, 2.75) is 33.2 Å². The highest BCUT2D eigenvalue weighted by Crippen LogP contribution is 2.34. The zero-order chi connectivity index (χ0) is 18.8. The first-order chi connectivity index (χ1) is 12.4. The molecule has 26 heavy (non-hydrogen) atoms. The largest absolute Gasteiger partial charge is 0.369 e. The highest BCUT2D eigenvalue weighted by Gasteiger charge is 2.34. The maximum Gasteiger partial charge on any atom is 0.267 e. The minimum absolute atomic E-state index is 0.0260. The Kier molecular flexibility index (Phi) is 5.43. The summed E-state index contributed by atoms with van der Waals surface area (Å²) in [6, 6.07) is 5.36. The summed E-state index contributed by atoms with van der Waals surface area (Å²) in [7, 11) is 0. The Morgan fingerprint density at radius 1 is 1.35 bits per heavy atom. The number of carbonyl (C=O) groups is 1. The van der Waals surface area contributed by atoms with Crippen LogP contribution in [0.4, 0.5) is 5.82 Å². The zero-order valence-electron chi connectivity index (χ0n) is 14.9. The summed E-state index contributed by atoms with van der Waals surface area (Å²) in [5, 5.41) is 3.19. The predicted octanol–water partition coefficient (Wildman–Crippen LogP) is 3.13. The van der Waals surface area contributed by atoms with E-state index in [9.17, 15) is 9.59 Å². The zero-order valence-corrected chi connectivity index (χ0v) is 16.5. The summed E-state index contributed by atoms with van der Waals surface area (Å²) in [6.45, 7) is 6.54. The van der Waals surface area contributed by atoms with Gasteiger partial charge < -0.3 is 5.32 Å². The van der Waals surface area contributed by atoms with Gasteiger partial charge in [-0.15, -0.1) is 0 Å². The third-order valence-corrected chi connectivity index (χ3v) is 5.26. The van der Waals surface area contributed by atoms with E-state index in [0.29, 0.717) is 32.8 Å². The number of nitrogens with one attached hydrogen (secondary N) is 1. The quantitative estimate of drug-likeness (QED) is 0.627. The third-order valence-electron chi connectivity index (χ3n) is 3.93. The number of rotatable bonds is 5. The van der Waals surface area contributed by atoms with E-state index in [2.05, 4.69) is 10.3 Å². The van der Waals surface area contributed by atoms with Gasteiger partial charge in [0.1, 0.15) is 15.8 Å². The maximum absolute atomic E-state index is 13.0. The number of hydrogen-bond acceptors (Lipinski definition) is 6. The van der Waals surface area contributed by atoms with Crippen LogP contribution in [0, 0.1) is 0 Å². The van der Waals surface area contributed by atoms with Crippen LogP contribution in [0.1, 0.15) is 32.8 Å². The molecule has 0 unspecified atom stereocenters. The molecule has 1 amide bonds. The fraction of sp³-hybridized carbons (Fsp3) is 0.333. The molecule has 0 atom stereocenters. The second-order valence-electron chi connectivity index (χ2n) is 6.18. The van der Waals surface area contributed by atoms with Crippen molar-refractivity contribution in [3.05, 3.63) is 45.2 Å². The fourth-order valence-corrected chi connectivity index (χ4v) is 4.17. The minimum atomic E-state index is -0.219. The van der Waals surface area contributed by atoms with Gasteiger partial charge in [0.05, 0.1) is 10.5 Å². The molecular formula is C18H20N4O2S2. The minimum Gasteiger partial charge on any atom is -0.369 e. The summed E-state index contributed by atoms with van der Waals surface area (Å²) in [4.78, 5) is 32.2. The van der Waals surface area contributed by atoms with Gasteiger partial charge in [0, 0.05) is 18.8 Å². The molecular weight excluding hydrogens is 368 g/mol. The highest BCUT2D eigenvalue weighted by molar-refractivity contribution is 8.26. The summed E-state index contributed by atoms with van der Waals surface area (Å²) in [5.41, 5.74) is 0.707. The Hall–Kier alpha value is -2.19. The molecule has 3 heterocycles. The van der Waals surface area contributed by atoms with Gasteiger partial charge in [0.15, 0.2) is 0 Å². The number of amides is 1. The first-order valence-corrected chi connectivity index (χ1v) is 9.68. The lowest BCUT2D eigenvalue weighted by atomic mass is 10.2. The molecule has 0 aromatic carbocycles. The van der Waals surface area contributed by atoms with Crippen LogP contribution in [-0.2, 0) is 4.79 Å². The van der Waals surface area contributed by atoms with Crippen molar-refractivity contribution in [1.29, 1.82) is 0 Å². The van der Waals surface area contributed by atoms with Gasteiger partial charge >= 0.3 is 0 Å². The first-order valence-electron chi connectivity index (χ1n) is 8.46. The molecule has 2 aromatic rings. The molecule has 1 fully saturated rings. The van der Waals surface area contributed by atoms with Crippen LogP contribution in [0.5, 0.6) is 0 Å². The Labute approximate surface area is 161 Å². The van der Waals surface area contributed by atoms with Gasteiger partial charge in [-0.25, -0.2) is 4.98 Å². The molecule has 0 aliphatic carbocycles. The number of anilines is 1. The molecule has 8 heteroatoms. The number of aromatic nitrogens is 2. The topological polar surface area (TPSA) is 66.7 Å². The molecule has 1 aliphatic heterocycles. The molecule has 1 N–H and O–H groups in total. The van der Waals surface area contributed by atoms with Gasteiger partial charge in [0.25, 0.3) is 11.5 Å². The lowest BCUT2D eigenvalue weighted by Gasteiger charge is -2.18. The Balaban J connectivity index is 2.14. The van der Waals surface area contributed by atoms with E-state index in [4.69, 9.17) is 12.2 Å². The van der Waals surface area contributed by atoms with Crippen molar-refractivity contribution < 1.29 is 4.79 Å². The standard InChI is InChI=1S/C18H20N4O2S2/c1-4-8-19-15-12(16(23)21-9-6-5-7-14(21)20-15)10-13-17(24)22(11(2)3)18(25)26-13/h5-7,9-11,19H,4,8H2,1-3H3. The van der Waals surface area contributed by atoms with Crippen LogP contribution in [0.3, 0.4) is 0 Å². The van der Waals surface area contributed by atoms with Gasteiger partial charge in [-0.2, -0.15) is 0 Å². The summed E-state index contributed by atoms with van der Waals surface area (Å²) in [5.74, 6) is 0.312. The summed E-state index contributed by atoms with van der Waals surface area (Å²) >= 11 is 6.53. The lowest BCUT2D eigenvalue weighted by Crippen LogP contribution is -2.34. The van der Waals surface area contributed by atoms with Crippen molar-refractivity contribution >= 4 is 51.7 Å². The third kappa shape index (κ3) is 3.39. The van der Waals surface area contributed by atoms with Crippen molar-refractivity contribution in [2.24, 2.45) is 0 Å². The van der Waals surface area contributed by atoms with Crippen LogP contribution in [0.15, 0.2) is 34.1 Å². The van der Waals surface area contributed by atoms with E-state index < -0.39 is 0 Å². The molecule has 3 rings (SSSR count). The molecule has 6 nitrogen and oxygen atoms in total. The SMILES string of the molecule is CCCNc1nc2ccccn2c(=O)c1C=C1SC(=S)N(C(C)C)C1=O. The molecule has 136 valence electrons. The van der Waals surface area contributed by atoms with Crippen LogP contribution in [-0.4, -0.2) is 37.1 Å². The molecule has 2 aromatic heterocycles. The first kappa shape index (κ1) is 18.6. The molecule has 1 saturated heterocycles. The van der Waals surface area contributed by atoms with E-state index >= 15 is 0 Å². The van der Waals surface area contributed by atoms with Gasteiger partial charge in [-0.3, -0.25) is 18.9 Å². The van der Waals surface area contributed by atoms with Crippen LogP contribution in [0.25, 0.3) is 11.7 Å². The van der Waals surface area contributed by atoms with Crippen molar-refractivity contribution in [2.75, 3.05) is 11.9 Å². The van der Waals surface area contributed by atoms with Gasteiger partial charge in [0.2, 0.25) is 0 Å². The van der Waals surface area contributed by atoms with E-state index in [-0.39, 0.29) is 17.5 Å². The monoisotopic (exact) mass is 388 g/mol. The number of carbonyl (C=O) groups excluding carboxylic acids is 1. The van der Waals surface area contributed by atoms with Crippen molar-refractivity contribution in [1.82, 2.24) is 14.3 Å². The molecule has 1 aliphatic rings.